The molecule has 0 spiro atoms. The van der Waals surface area contributed by atoms with Gasteiger partial charge < -0.3 is 5.43 Å². The molecule has 1 aliphatic heterocycles. The molecule has 2 heteroatoms. The van der Waals surface area contributed by atoms with Crippen LogP contribution in [-0.4, -0.2) is 0 Å². The first-order valence-electron chi connectivity index (χ1n) is 4.39. The zero-order valence-electron chi connectivity index (χ0n) is 7.46. The molecule has 0 bridgehead atoms. The summed E-state index contributed by atoms with van der Waals surface area (Å²) >= 11 is 0. The Balaban J connectivity index is 2.36. The number of nitrogens with one attached hydrogen (secondary N) is 2. The molecule has 12 heavy (non-hydrogen) atoms. The van der Waals surface area contributed by atoms with Gasteiger partial charge in [-0.25, -0.2) is 5.43 Å². The summed E-state index contributed by atoms with van der Waals surface area (Å²) in [6, 6.07) is 8.87. The predicted octanol–water partition coefficient (Wildman–Crippen LogP) is 2.31. The Labute approximate surface area is 73.0 Å². The molecule has 0 saturated carbocycles. The third-order valence-electron chi connectivity index (χ3n) is 2.32. The van der Waals surface area contributed by atoms with Crippen LogP contribution in [0.3, 0.4) is 0 Å². The molecule has 0 fully saturated rings. The molecule has 0 saturated heterocycles. The van der Waals surface area contributed by atoms with Crippen LogP contribution >= 0.6 is 0 Å². The highest BCUT2D eigenvalue weighted by Crippen LogP contribution is 2.32. The molecular weight excluding hydrogens is 148 g/mol. The maximum absolute atomic E-state index is 3.27. The highest BCUT2D eigenvalue weighted by Gasteiger charge is 2.23. The van der Waals surface area contributed by atoms with E-state index in [-0.39, 0.29) is 0 Å². The maximum Gasteiger partial charge on any atom is 0.0553 e. The summed E-state index contributed by atoms with van der Waals surface area (Å²) in [5, 5.41) is 0. The molecule has 1 unspecified atom stereocenters. The summed E-state index contributed by atoms with van der Waals surface area (Å²) in [7, 11) is 0. The second-order valence-corrected chi connectivity index (χ2v) is 3.58. The molecule has 0 amide bonds. The van der Waals surface area contributed by atoms with Gasteiger partial charge in [-0.15, -0.1) is 0 Å². The van der Waals surface area contributed by atoms with Crippen LogP contribution in [0.1, 0.15) is 25.5 Å². The van der Waals surface area contributed by atoms with Gasteiger partial charge in [0, 0.05) is 0 Å². The Hall–Kier alpha value is -1.02. The van der Waals surface area contributed by atoms with Crippen molar-refractivity contribution >= 4 is 5.69 Å². The molecule has 1 heterocycles. The zero-order chi connectivity index (χ0) is 8.55. The second kappa shape index (κ2) is 2.79. The number of rotatable bonds is 1. The minimum absolute atomic E-state index is 0.459. The molecule has 1 aromatic rings. The Morgan fingerprint density at radius 2 is 2.00 bits per heavy atom. The molecule has 2 N–H and O–H groups in total. The average molecular weight is 162 g/mol. The van der Waals surface area contributed by atoms with Gasteiger partial charge in [0.2, 0.25) is 0 Å². The van der Waals surface area contributed by atoms with Crippen LogP contribution in [0.25, 0.3) is 0 Å². The van der Waals surface area contributed by atoms with Gasteiger partial charge in [-0.3, -0.25) is 0 Å². The summed E-state index contributed by atoms with van der Waals surface area (Å²) < 4.78 is 0. The van der Waals surface area contributed by atoms with Crippen LogP contribution < -0.4 is 10.9 Å². The molecule has 1 atom stereocenters. The number of para-hydroxylation sites is 1. The van der Waals surface area contributed by atoms with Gasteiger partial charge in [0.15, 0.2) is 0 Å². The van der Waals surface area contributed by atoms with E-state index in [1.165, 1.54) is 11.3 Å². The minimum Gasteiger partial charge on any atom is -0.321 e. The van der Waals surface area contributed by atoms with E-state index in [4.69, 9.17) is 0 Å². The minimum atomic E-state index is 0.459. The summed E-state index contributed by atoms with van der Waals surface area (Å²) in [6.07, 6.45) is 0. The Bertz CT molecular complexity index is 281. The zero-order valence-corrected chi connectivity index (χ0v) is 7.46. The van der Waals surface area contributed by atoms with E-state index in [0.717, 1.165) is 0 Å². The molecule has 64 valence electrons. The topological polar surface area (TPSA) is 24.1 Å². The van der Waals surface area contributed by atoms with E-state index >= 15 is 0 Å². The van der Waals surface area contributed by atoms with Crippen molar-refractivity contribution in [2.75, 3.05) is 5.43 Å². The van der Waals surface area contributed by atoms with Crippen molar-refractivity contribution in [3.05, 3.63) is 29.8 Å². The number of hydrogen-bond acceptors (Lipinski definition) is 2. The van der Waals surface area contributed by atoms with Crippen molar-refractivity contribution in [3.63, 3.8) is 0 Å². The molecular formula is C10H14N2. The summed E-state index contributed by atoms with van der Waals surface area (Å²) in [5.74, 6) is 0.626. The van der Waals surface area contributed by atoms with E-state index in [1.807, 2.05) is 0 Å². The van der Waals surface area contributed by atoms with Gasteiger partial charge in [0.25, 0.3) is 0 Å². The van der Waals surface area contributed by atoms with Crippen LogP contribution in [0, 0.1) is 5.92 Å². The Morgan fingerprint density at radius 3 is 2.75 bits per heavy atom. The van der Waals surface area contributed by atoms with Crippen LogP contribution in [-0.2, 0) is 0 Å². The molecule has 1 aromatic carbocycles. The second-order valence-electron chi connectivity index (χ2n) is 3.58. The number of hydrogen-bond donors (Lipinski definition) is 2. The normalized spacial score (nSPS) is 20.8. The number of anilines is 1. The third-order valence-corrected chi connectivity index (χ3v) is 2.32. The van der Waals surface area contributed by atoms with E-state index in [2.05, 4.69) is 49.0 Å². The standard InChI is InChI=1S/C10H14N2/c1-7(2)10-8-5-3-4-6-9(8)11-12-10/h3-7,10-12H,1-2H3. The van der Waals surface area contributed by atoms with Gasteiger partial charge in [-0.2, -0.15) is 0 Å². The molecule has 0 radical (unpaired) electrons. The maximum atomic E-state index is 3.27. The number of hydrazine groups is 1. The smallest absolute Gasteiger partial charge is 0.0553 e. The fourth-order valence-corrected chi connectivity index (χ4v) is 1.64. The van der Waals surface area contributed by atoms with Crippen LogP contribution in [0.4, 0.5) is 5.69 Å². The molecule has 0 aromatic heterocycles. The van der Waals surface area contributed by atoms with E-state index in [1.54, 1.807) is 0 Å². The summed E-state index contributed by atoms with van der Waals surface area (Å²) in [4.78, 5) is 0. The SMILES string of the molecule is CC(C)C1NNc2ccccc21. The Morgan fingerprint density at radius 1 is 1.25 bits per heavy atom. The monoisotopic (exact) mass is 162 g/mol. The van der Waals surface area contributed by atoms with Crippen molar-refractivity contribution in [2.24, 2.45) is 5.92 Å². The van der Waals surface area contributed by atoms with Crippen LogP contribution in [0.2, 0.25) is 0 Å². The molecule has 1 aliphatic rings. The molecule has 0 aliphatic carbocycles. The highest BCUT2D eigenvalue weighted by molar-refractivity contribution is 5.55. The van der Waals surface area contributed by atoms with Gasteiger partial charge in [0.05, 0.1) is 11.7 Å². The number of fused-ring (bicyclic) bond motifs is 1. The van der Waals surface area contributed by atoms with Gasteiger partial charge in [0.1, 0.15) is 0 Å². The summed E-state index contributed by atoms with van der Waals surface area (Å²) in [5.41, 5.74) is 9.05. The quantitative estimate of drug-likeness (QED) is 0.662. The average Bonchev–Trinajstić information content (AvgIpc) is 2.47. The first kappa shape index (κ1) is 7.62. The highest BCUT2D eigenvalue weighted by atomic mass is 15.4. The lowest BCUT2D eigenvalue weighted by molar-refractivity contribution is 0.461. The van der Waals surface area contributed by atoms with Gasteiger partial charge >= 0.3 is 0 Å². The Kier molecular flexibility index (Phi) is 1.77. The lowest BCUT2D eigenvalue weighted by Gasteiger charge is -2.14. The fraction of sp³-hybridized carbons (Fsp3) is 0.400. The lowest BCUT2D eigenvalue weighted by atomic mass is 9.97. The largest absolute Gasteiger partial charge is 0.321 e. The number of benzene rings is 1. The van der Waals surface area contributed by atoms with Crippen LogP contribution in [0.5, 0.6) is 0 Å². The van der Waals surface area contributed by atoms with Gasteiger partial charge in [-0.05, 0) is 17.5 Å². The van der Waals surface area contributed by atoms with E-state index < -0.39 is 0 Å². The lowest BCUT2D eigenvalue weighted by Crippen LogP contribution is -2.22. The van der Waals surface area contributed by atoms with Crippen molar-refractivity contribution in [1.82, 2.24) is 5.43 Å². The van der Waals surface area contributed by atoms with Crippen LogP contribution in [0.15, 0.2) is 24.3 Å². The van der Waals surface area contributed by atoms with Crippen molar-refractivity contribution in [1.29, 1.82) is 0 Å². The third kappa shape index (κ3) is 1.08. The predicted molar refractivity (Wildman–Crippen MR) is 50.8 cm³/mol. The first-order valence-corrected chi connectivity index (χ1v) is 4.39. The van der Waals surface area contributed by atoms with Crippen molar-refractivity contribution in [2.45, 2.75) is 19.9 Å². The van der Waals surface area contributed by atoms with Gasteiger partial charge in [-0.1, -0.05) is 32.0 Å². The van der Waals surface area contributed by atoms with Crippen molar-refractivity contribution in [3.8, 4) is 0 Å². The summed E-state index contributed by atoms with van der Waals surface area (Å²) in [6.45, 7) is 4.45. The van der Waals surface area contributed by atoms with E-state index in [9.17, 15) is 0 Å². The molecule has 2 nitrogen and oxygen atoms in total. The molecule has 2 rings (SSSR count). The van der Waals surface area contributed by atoms with E-state index in [0.29, 0.717) is 12.0 Å². The van der Waals surface area contributed by atoms with Crippen molar-refractivity contribution < 1.29 is 0 Å². The fourth-order valence-electron chi connectivity index (χ4n) is 1.64. The first-order chi connectivity index (χ1) is 5.79.